The molecule has 0 bridgehead atoms. The number of benzene rings is 1. The summed E-state index contributed by atoms with van der Waals surface area (Å²) < 4.78 is 0. The van der Waals surface area contributed by atoms with Gasteiger partial charge < -0.3 is 5.73 Å². The fraction of sp³-hybridized carbons (Fsp3) is 0.500. The third-order valence-corrected chi connectivity index (χ3v) is 4.48. The average Bonchev–Trinajstić information content (AvgIpc) is 2.53. The fourth-order valence-electron chi connectivity index (χ4n) is 2.37. The Hall–Kier alpha value is -1.62. The minimum absolute atomic E-state index is 0.396. The molecule has 0 atom stereocenters. The molecule has 0 heterocycles. The molecule has 1 aromatic carbocycles. The molecule has 0 saturated carbocycles. The number of carbonyl (C=O) groups excluding carboxylic acids is 1. The molecule has 0 aliphatic heterocycles. The third-order valence-electron chi connectivity index (χ3n) is 3.47. The van der Waals surface area contributed by atoms with Crippen molar-refractivity contribution in [3.8, 4) is 0 Å². The molecule has 4 nitrogen and oxygen atoms in total. The highest BCUT2D eigenvalue weighted by Crippen LogP contribution is 2.19. The highest BCUT2D eigenvalue weighted by molar-refractivity contribution is 8.27. The molecule has 2 N–H and O–H groups in total. The van der Waals surface area contributed by atoms with E-state index in [9.17, 15) is 4.79 Å². The first-order chi connectivity index (χ1) is 11.0. The van der Waals surface area contributed by atoms with Crippen molar-refractivity contribution in [1.82, 2.24) is 0 Å². The van der Waals surface area contributed by atoms with E-state index in [1.165, 1.54) is 0 Å². The Morgan fingerprint density at radius 1 is 1.13 bits per heavy atom. The van der Waals surface area contributed by atoms with Gasteiger partial charge in [0.1, 0.15) is 5.04 Å². The molecule has 23 heavy (non-hydrogen) atoms. The zero-order valence-electron chi connectivity index (χ0n) is 14.5. The number of nitrogens with two attached hydrogens (primary N) is 1. The largest absolute Gasteiger partial charge is 0.366 e. The second-order valence-corrected chi connectivity index (χ2v) is 6.63. The van der Waals surface area contributed by atoms with Crippen LogP contribution in [0.25, 0.3) is 0 Å². The van der Waals surface area contributed by atoms with E-state index < -0.39 is 5.91 Å². The molecular weight excluding hydrogens is 306 g/mol. The quantitative estimate of drug-likeness (QED) is 0.597. The Kier molecular flexibility index (Phi) is 8.62. The summed E-state index contributed by atoms with van der Waals surface area (Å²) in [5.41, 5.74) is 6.75. The van der Waals surface area contributed by atoms with Crippen LogP contribution >= 0.6 is 11.8 Å². The van der Waals surface area contributed by atoms with Crippen LogP contribution in [0.1, 0.15) is 62.4 Å². The Bertz CT molecular complexity index is 558. The summed E-state index contributed by atoms with van der Waals surface area (Å²) in [6.07, 6.45) is 4.54. The second-order valence-electron chi connectivity index (χ2n) is 5.45. The normalized spacial score (nSPS) is 12.7. The first-order valence-electron chi connectivity index (χ1n) is 8.11. The Balaban J connectivity index is 2.84. The molecule has 5 heteroatoms. The van der Waals surface area contributed by atoms with Crippen molar-refractivity contribution in [2.75, 3.05) is 7.05 Å². The predicted octanol–water partition coefficient (Wildman–Crippen LogP) is 4.28. The van der Waals surface area contributed by atoms with Crippen molar-refractivity contribution >= 4 is 27.8 Å². The number of hydrogen-bond acceptors (Lipinski definition) is 4. The van der Waals surface area contributed by atoms with Crippen molar-refractivity contribution < 1.29 is 4.79 Å². The molecule has 0 radical (unpaired) electrons. The van der Waals surface area contributed by atoms with Crippen LogP contribution in [0, 0.1) is 0 Å². The van der Waals surface area contributed by atoms with Gasteiger partial charge in [-0.1, -0.05) is 50.6 Å². The summed E-state index contributed by atoms with van der Waals surface area (Å²) in [5.74, 6) is -0.418. The van der Waals surface area contributed by atoms with Gasteiger partial charge in [-0.3, -0.25) is 14.8 Å². The second kappa shape index (κ2) is 10.2. The van der Waals surface area contributed by atoms with Crippen molar-refractivity contribution in [3.05, 3.63) is 35.4 Å². The lowest BCUT2D eigenvalue weighted by Crippen LogP contribution is -2.11. The zero-order valence-corrected chi connectivity index (χ0v) is 15.3. The van der Waals surface area contributed by atoms with E-state index in [2.05, 4.69) is 18.8 Å². The van der Waals surface area contributed by atoms with Crippen molar-refractivity contribution in [2.45, 2.75) is 52.5 Å². The summed E-state index contributed by atoms with van der Waals surface area (Å²) >= 11 is 1.58. The molecule has 1 rings (SSSR count). The monoisotopic (exact) mass is 333 g/mol. The van der Waals surface area contributed by atoms with Gasteiger partial charge in [0.05, 0.1) is 11.1 Å². The van der Waals surface area contributed by atoms with Crippen molar-refractivity contribution in [2.24, 2.45) is 15.7 Å². The lowest BCUT2D eigenvalue weighted by atomic mass is 10.1. The summed E-state index contributed by atoms with van der Waals surface area (Å²) in [6, 6.07) is 7.60. The number of nitrogens with zero attached hydrogens (tertiary/aromatic N) is 2. The number of hydrogen-bond donors (Lipinski definition) is 1. The molecule has 0 saturated heterocycles. The van der Waals surface area contributed by atoms with Crippen LogP contribution in [0.3, 0.4) is 0 Å². The summed E-state index contributed by atoms with van der Waals surface area (Å²) in [4.78, 5) is 20.3. The summed E-state index contributed by atoms with van der Waals surface area (Å²) in [5, 5.41) is 1.92. The van der Waals surface area contributed by atoms with Gasteiger partial charge in [0.15, 0.2) is 0 Å². The van der Waals surface area contributed by atoms with Crippen molar-refractivity contribution in [1.29, 1.82) is 0 Å². The number of rotatable bonds is 7. The van der Waals surface area contributed by atoms with Gasteiger partial charge in [0.2, 0.25) is 5.91 Å². The molecule has 0 aliphatic rings. The minimum Gasteiger partial charge on any atom is -0.366 e. The molecule has 126 valence electrons. The third kappa shape index (κ3) is 6.57. The van der Waals surface area contributed by atoms with E-state index in [-0.39, 0.29) is 0 Å². The first kappa shape index (κ1) is 19.4. The van der Waals surface area contributed by atoms with E-state index in [1.54, 1.807) is 30.9 Å². The number of thioether (sulfide) groups is 1. The Labute approximate surface area is 143 Å². The molecule has 0 aliphatic carbocycles. The van der Waals surface area contributed by atoms with Crippen LogP contribution in [0.4, 0.5) is 0 Å². The maximum atomic E-state index is 11.1. The van der Waals surface area contributed by atoms with Crippen LogP contribution < -0.4 is 5.73 Å². The maximum Gasteiger partial charge on any atom is 0.248 e. The molecular formula is C18H27N3OS. The van der Waals surface area contributed by atoms with Gasteiger partial charge in [-0.15, -0.1) is 0 Å². The molecule has 0 unspecified atom stereocenters. The van der Waals surface area contributed by atoms with Gasteiger partial charge in [-0.25, -0.2) is 0 Å². The zero-order chi connectivity index (χ0) is 17.2. The van der Waals surface area contributed by atoms with Gasteiger partial charge >= 0.3 is 0 Å². The lowest BCUT2D eigenvalue weighted by molar-refractivity contribution is 0.100. The van der Waals surface area contributed by atoms with Crippen LogP contribution in [0.15, 0.2) is 34.3 Å². The molecule has 0 aromatic heterocycles. The first-order valence-corrected chi connectivity index (χ1v) is 8.92. The van der Waals surface area contributed by atoms with Crippen LogP contribution in [-0.2, 0) is 0 Å². The number of carbonyl (C=O) groups is 1. The van der Waals surface area contributed by atoms with Gasteiger partial charge in [0.25, 0.3) is 0 Å². The summed E-state index contributed by atoms with van der Waals surface area (Å²) in [7, 11) is 1.77. The predicted molar refractivity (Wildman–Crippen MR) is 102 cm³/mol. The highest BCUT2D eigenvalue weighted by Gasteiger charge is 2.10. The van der Waals surface area contributed by atoms with Gasteiger partial charge in [-0.05, 0) is 31.9 Å². The Morgan fingerprint density at radius 2 is 1.65 bits per heavy atom. The number of aliphatic imine (C=N–C) groups is 2. The van der Waals surface area contributed by atoms with Crippen LogP contribution in [0.2, 0.25) is 0 Å². The average molecular weight is 334 g/mol. The van der Waals surface area contributed by atoms with E-state index >= 15 is 0 Å². The topological polar surface area (TPSA) is 67.8 Å². The smallest absolute Gasteiger partial charge is 0.248 e. The number of primary amides is 1. The molecule has 0 spiro atoms. The van der Waals surface area contributed by atoms with E-state index in [1.807, 2.05) is 19.1 Å². The number of amides is 1. The van der Waals surface area contributed by atoms with E-state index in [0.29, 0.717) is 11.6 Å². The van der Waals surface area contributed by atoms with Crippen LogP contribution in [-0.4, -0.2) is 29.1 Å². The molecule has 1 amide bonds. The molecule has 0 fully saturated rings. The van der Waals surface area contributed by atoms with Gasteiger partial charge in [0, 0.05) is 18.2 Å². The van der Waals surface area contributed by atoms with Gasteiger partial charge in [-0.2, -0.15) is 0 Å². The maximum absolute atomic E-state index is 11.1. The minimum atomic E-state index is -0.418. The van der Waals surface area contributed by atoms with E-state index in [0.717, 1.165) is 41.3 Å². The lowest BCUT2D eigenvalue weighted by Gasteiger charge is -2.12. The standard InChI is InChI=1S/C18H27N3OS/c1-5-7-16(8-6-2)21-13(3)23-18(20-4)15-11-9-14(10-12-15)17(19)22/h9-12,16H,5-8H2,1-4H3,(H2,19,22). The fourth-order valence-corrected chi connectivity index (χ4v) is 3.20. The van der Waals surface area contributed by atoms with Crippen LogP contribution in [0.5, 0.6) is 0 Å². The van der Waals surface area contributed by atoms with Crippen molar-refractivity contribution in [3.63, 3.8) is 0 Å². The summed E-state index contributed by atoms with van der Waals surface area (Å²) in [6.45, 7) is 6.42. The Morgan fingerprint density at radius 3 is 2.09 bits per heavy atom. The molecule has 1 aromatic rings. The highest BCUT2D eigenvalue weighted by atomic mass is 32.2. The van der Waals surface area contributed by atoms with E-state index in [4.69, 9.17) is 10.7 Å². The SMILES string of the molecule is CCCC(CCC)N=C(C)SC(=NC)c1ccc(C(N)=O)cc1.